The van der Waals surface area contributed by atoms with Crippen LogP contribution in [0.25, 0.3) is 0 Å². The normalized spacial score (nSPS) is 19.5. The molecule has 4 aliphatic rings. The molecule has 3 aromatic carbocycles. The van der Waals surface area contributed by atoms with Crippen LogP contribution in [0.3, 0.4) is 0 Å². The second-order valence-corrected chi connectivity index (χ2v) is 13.8. The molecule has 278 valence electrons. The maximum Gasteiger partial charge on any atom is 0.338 e. The van der Waals surface area contributed by atoms with E-state index in [9.17, 15) is 47.5 Å². The van der Waals surface area contributed by atoms with Crippen molar-refractivity contribution in [2.75, 3.05) is 5.32 Å². The van der Waals surface area contributed by atoms with Gasteiger partial charge in [0, 0.05) is 25.1 Å². The van der Waals surface area contributed by atoms with Gasteiger partial charge in [0.2, 0.25) is 23.6 Å². The molecule has 54 heavy (non-hydrogen) atoms. The summed E-state index contributed by atoms with van der Waals surface area (Å²) in [6, 6.07) is 13.4. The van der Waals surface area contributed by atoms with Gasteiger partial charge in [0.1, 0.15) is 23.5 Å². The Morgan fingerprint density at radius 3 is 1.72 bits per heavy atom. The number of esters is 1. The van der Waals surface area contributed by atoms with Crippen LogP contribution in [0, 0.1) is 5.82 Å². The van der Waals surface area contributed by atoms with Gasteiger partial charge in [0.15, 0.2) is 0 Å². The molecule has 0 bridgehead atoms. The number of fused-ring (bicyclic) bond motifs is 2. The van der Waals surface area contributed by atoms with Crippen LogP contribution in [0.1, 0.15) is 104 Å². The molecular formula is C38H34FN5O10. The predicted molar refractivity (Wildman–Crippen MR) is 185 cm³/mol. The molecule has 2 fully saturated rings. The van der Waals surface area contributed by atoms with Crippen LogP contribution in [-0.2, 0) is 30.5 Å². The first-order chi connectivity index (χ1) is 25.6. The highest BCUT2D eigenvalue weighted by Gasteiger charge is 2.47. The van der Waals surface area contributed by atoms with Crippen molar-refractivity contribution >= 4 is 58.9 Å². The van der Waals surface area contributed by atoms with E-state index >= 15 is 0 Å². The van der Waals surface area contributed by atoms with Gasteiger partial charge in [-0.05, 0) is 75.6 Å². The summed E-state index contributed by atoms with van der Waals surface area (Å²) < 4.78 is 19.0. The Morgan fingerprint density at radius 2 is 1.22 bits per heavy atom. The smallest absolute Gasteiger partial charge is 0.338 e. The van der Waals surface area contributed by atoms with Crippen molar-refractivity contribution < 1.29 is 52.3 Å². The molecule has 8 amide bonds. The summed E-state index contributed by atoms with van der Waals surface area (Å²) in [6.07, 6.45) is 0.251. The minimum absolute atomic E-state index is 0.0340. The van der Waals surface area contributed by atoms with Crippen molar-refractivity contribution in [1.82, 2.24) is 20.4 Å². The number of piperidine rings is 2. The molecule has 7 rings (SSSR count). The number of hydrogen-bond acceptors (Lipinski definition) is 11. The summed E-state index contributed by atoms with van der Waals surface area (Å²) in [5.41, 5.74) is 1.19. The number of halogens is 1. The Bertz CT molecular complexity index is 2160. The molecule has 2 atom stereocenters. The number of nitrogens with one attached hydrogen (secondary N) is 3. The van der Waals surface area contributed by atoms with Crippen LogP contribution < -0.4 is 16.0 Å². The van der Waals surface area contributed by atoms with E-state index in [4.69, 9.17) is 4.74 Å². The van der Waals surface area contributed by atoms with Gasteiger partial charge in [0.05, 0.1) is 27.8 Å². The van der Waals surface area contributed by atoms with Gasteiger partial charge in [-0.25, -0.2) is 9.18 Å². The summed E-state index contributed by atoms with van der Waals surface area (Å²) in [4.78, 5) is 111. The van der Waals surface area contributed by atoms with Crippen molar-refractivity contribution in [1.29, 1.82) is 0 Å². The van der Waals surface area contributed by atoms with E-state index in [0.717, 1.165) is 21.4 Å². The Balaban J connectivity index is 0.000000210. The fourth-order valence-electron chi connectivity index (χ4n) is 6.43. The number of amides is 8. The number of carbonyl (C=O) groups excluding carboxylic acids is 9. The van der Waals surface area contributed by atoms with Gasteiger partial charge < -0.3 is 10.1 Å². The molecule has 0 radical (unpaired) electrons. The highest BCUT2D eigenvalue weighted by molar-refractivity contribution is 6.26. The summed E-state index contributed by atoms with van der Waals surface area (Å²) in [6.45, 7) is 5.74. The largest absolute Gasteiger partial charge is 0.456 e. The van der Waals surface area contributed by atoms with E-state index in [2.05, 4.69) is 16.0 Å². The minimum atomic E-state index is -1.07. The van der Waals surface area contributed by atoms with Crippen LogP contribution >= 0.6 is 0 Å². The number of imide groups is 4. The van der Waals surface area contributed by atoms with Crippen molar-refractivity contribution in [2.45, 2.75) is 70.7 Å². The van der Waals surface area contributed by atoms with Crippen LogP contribution in [0.15, 0.2) is 60.7 Å². The van der Waals surface area contributed by atoms with E-state index in [1.807, 2.05) is 0 Å². The van der Waals surface area contributed by atoms with Gasteiger partial charge in [0.25, 0.3) is 23.6 Å². The summed E-state index contributed by atoms with van der Waals surface area (Å²) >= 11 is 0. The third-order valence-electron chi connectivity index (χ3n) is 8.96. The quantitative estimate of drug-likeness (QED) is 0.248. The molecule has 2 saturated heterocycles. The molecule has 4 aliphatic heterocycles. The Hall–Kier alpha value is -6.58. The first kappa shape index (κ1) is 37.2. The molecule has 3 aromatic rings. The average Bonchev–Trinajstić information content (AvgIpc) is 3.52. The molecule has 0 aliphatic carbocycles. The molecule has 3 N–H and O–H groups in total. The number of rotatable bonds is 6. The third kappa shape index (κ3) is 7.22. The lowest BCUT2D eigenvalue weighted by Gasteiger charge is -2.27. The van der Waals surface area contributed by atoms with Crippen LogP contribution in [-0.4, -0.2) is 80.7 Å². The highest BCUT2D eigenvalue weighted by Crippen LogP contribution is 2.33. The lowest BCUT2D eigenvalue weighted by molar-refractivity contribution is -0.137. The zero-order valence-corrected chi connectivity index (χ0v) is 29.3. The minimum Gasteiger partial charge on any atom is -0.456 e. The molecule has 0 spiro atoms. The van der Waals surface area contributed by atoms with Crippen molar-refractivity contribution in [2.24, 2.45) is 0 Å². The Labute approximate surface area is 307 Å². The van der Waals surface area contributed by atoms with E-state index in [-0.39, 0.29) is 47.9 Å². The fraction of sp³-hybridized carbons (Fsp3) is 0.289. The Morgan fingerprint density at radius 1 is 0.722 bits per heavy atom. The van der Waals surface area contributed by atoms with Gasteiger partial charge in [-0.15, -0.1) is 0 Å². The Kier molecular flexibility index (Phi) is 9.95. The average molecular weight is 740 g/mol. The van der Waals surface area contributed by atoms with Crippen LogP contribution in [0.2, 0.25) is 0 Å². The van der Waals surface area contributed by atoms with Gasteiger partial charge >= 0.3 is 5.97 Å². The summed E-state index contributed by atoms with van der Waals surface area (Å²) in [7, 11) is 0. The number of anilines is 1. The standard InChI is InChI=1S/C25H25N3O6.C13H9FN2O4/c1-25(2,3)34-24(33)15-9-7-14(8-10-15)13-26-17-6-4-5-16-20(17)23(32)28(22(16)31)18-11-12-19(29)27-21(18)30;14-7-3-1-2-6-10(7)13(20)16(12(6)19)8-4-5-9(17)15-11(8)18/h4-10,18,26H,11-13H2,1-3H3,(H,27,29,30);1-3,8H,4-5H2,(H,15,17,18). The van der Waals surface area contributed by atoms with Crippen LogP contribution in [0.5, 0.6) is 0 Å². The molecule has 0 aromatic heterocycles. The second-order valence-electron chi connectivity index (χ2n) is 13.8. The molecular weight excluding hydrogens is 705 g/mol. The SMILES string of the molecule is CC(C)(C)OC(=O)c1ccc(CNc2cccc3c2C(=O)N(C2CCC(=O)NC2=O)C3=O)cc1.O=C1CCC(N2C(=O)c3cccc(F)c3C2=O)C(=O)N1. The van der Waals surface area contributed by atoms with Gasteiger partial charge in [-0.3, -0.25) is 58.8 Å². The molecule has 4 heterocycles. The summed E-state index contributed by atoms with van der Waals surface area (Å²) in [5, 5.41) is 7.43. The van der Waals surface area contributed by atoms with E-state index < -0.39 is 76.7 Å². The van der Waals surface area contributed by atoms with Crippen molar-refractivity contribution in [3.63, 3.8) is 0 Å². The molecule has 0 saturated carbocycles. The zero-order valence-electron chi connectivity index (χ0n) is 29.3. The molecule has 2 unspecified atom stereocenters. The predicted octanol–water partition coefficient (Wildman–Crippen LogP) is 2.88. The maximum absolute atomic E-state index is 13.7. The van der Waals surface area contributed by atoms with E-state index in [0.29, 0.717) is 17.8 Å². The van der Waals surface area contributed by atoms with Gasteiger partial charge in [-0.1, -0.05) is 24.3 Å². The summed E-state index contributed by atoms with van der Waals surface area (Å²) in [5.74, 6) is -6.11. The number of benzene rings is 3. The van der Waals surface area contributed by atoms with Crippen molar-refractivity contribution in [3.8, 4) is 0 Å². The van der Waals surface area contributed by atoms with Crippen molar-refractivity contribution in [3.05, 3.63) is 99.9 Å². The number of nitrogens with zero attached hydrogens (tertiary/aromatic N) is 2. The molecule has 15 nitrogen and oxygen atoms in total. The van der Waals surface area contributed by atoms with E-state index in [1.165, 1.54) is 12.1 Å². The first-order valence-electron chi connectivity index (χ1n) is 17.0. The monoisotopic (exact) mass is 739 g/mol. The topological polar surface area (TPSA) is 205 Å². The highest BCUT2D eigenvalue weighted by atomic mass is 19.1. The third-order valence-corrected chi connectivity index (χ3v) is 8.96. The van der Waals surface area contributed by atoms with E-state index in [1.54, 1.807) is 63.2 Å². The fourth-order valence-corrected chi connectivity index (χ4v) is 6.43. The first-order valence-corrected chi connectivity index (χ1v) is 17.0. The molecule has 16 heteroatoms. The number of hydrogen-bond donors (Lipinski definition) is 3. The maximum atomic E-state index is 13.7. The number of ether oxygens (including phenoxy) is 1. The van der Waals surface area contributed by atoms with Crippen LogP contribution in [0.4, 0.5) is 10.1 Å². The number of carbonyl (C=O) groups is 9. The lowest BCUT2D eigenvalue weighted by Crippen LogP contribution is -2.54. The lowest BCUT2D eigenvalue weighted by atomic mass is 10.0. The zero-order chi connectivity index (χ0) is 39.1. The second kappa shape index (κ2) is 14.4. The van der Waals surface area contributed by atoms with Gasteiger partial charge in [-0.2, -0.15) is 0 Å².